The van der Waals surface area contributed by atoms with E-state index in [-0.39, 0.29) is 43.9 Å². The van der Waals surface area contributed by atoms with E-state index in [1.54, 1.807) is 11.0 Å². The Bertz CT molecular complexity index is 1450. The van der Waals surface area contributed by atoms with Crippen molar-refractivity contribution in [3.8, 4) is 0 Å². The molecule has 5 heterocycles. The Morgan fingerprint density at radius 3 is 2.51 bits per heavy atom. The van der Waals surface area contributed by atoms with Crippen LogP contribution in [0, 0.1) is 17.8 Å². The first kappa shape index (κ1) is 35.7. The minimum atomic E-state index is -1.42. The molecule has 0 radical (unpaired) electrons. The van der Waals surface area contributed by atoms with Crippen LogP contribution in [-0.4, -0.2) is 126 Å². The second kappa shape index (κ2) is 15.4. The standard InChI is InChI=1S/C36H47BrN4O8/c1-23(2)19-25(21-42)41-32-35(46)40(14-13-39-15-17-47-18-16-39)12-8-4-7-11-28(43)48-22-27(24-9-5-3-6-10-24)38-33(44)29-30(34(41)45)36(32)20-26(37)31(29)49-36/h3-6,8-10,20,23,25,27,29-32,42H,7,11-19,21-22H2,1-2H3,(H,38,44)/b8-4-/t25-,27-,29-,30+,31-,32-,36+/m1/s1. The molecule has 12 nitrogen and oxygen atoms in total. The highest BCUT2D eigenvalue weighted by molar-refractivity contribution is 9.11. The number of ether oxygens (including phenoxy) is 3. The van der Waals surface area contributed by atoms with Gasteiger partial charge in [0.05, 0.1) is 43.7 Å². The Labute approximate surface area is 295 Å². The maximum atomic E-state index is 15.0. The first-order valence-corrected chi connectivity index (χ1v) is 18.2. The summed E-state index contributed by atoms with van der Waals surface area (Å²) in [6.45, 7) is 7.58. The van der Waals surface area contributed by atoms with Crippen LogP contribution in [0.15, 0.2) is 53.0 Å². The predicted octanol–water partition coefficient (Wildman–Crippen LogP) is 2.18. The number of carbonyl (C=O) groups is 4. The monoisotopic (exact) mass is 742 g/mol. The van der Waals surface area contributed by atoms with Crippen LogP contribution in [0.25, 0.3) is 0 Å². The lowest BCUT2D eigenvalue weighted by Crippen LogP contribution is -2.59. The number of likely N-dealkylation sites (tertiary alicyclic amines) is 1. The molecule has 5 aliphatic rings. The first-order chi connectivity index (χ1) is 23.6. The topological polar surface area (TPSA) is 138 Å². The lowest BCUT2D eigenvalue weighted by molar-refractivity contribution is -0.151. The Kier molecular flexibility index (Phi) is 11.2. The van der Waals surface area contributed by atoms with Gasteiger partial charge in [0.1, 0.15) is 24.4 Å². The number of hydrogen-bond donors (Lipinski definition) is 2. The van der Waals surface area contributed by atoms with Crippen molar-refractivity contribution in [2.45, 2.75) is 62.9 Å². The van der Waals surface area contributed by atoms with Gasteiger partial charge in [-0.05, 0) is 30.4 Å². The number of aliphatic hydroxyl groups excluding tert-OH is 1. The summed E-state index contributed by atoms with van der Waals surface area (Å²) in [5.41, 5.74) is -0.677. The highest BCUT2D eigenvalue weighted by Gasteiger charge is 2.75. The summed E-state index contributed by atoms with van der Waals surface area (Å²) in [6, 6.07) is 6.81. The maximum Gasteiger partial charge on any atom is 0.306 e. The summed E-state index contributed by atoms with van der Waals surface area (Å²) >= 11 is 3.63. The lowest BCUT2D eigenvalue weighted by Gasteiger charge is -2.39. The highest BCUT2D eigenvalue weighted by atomic mass is 79.9. The Morgan fingerprint density at radius 1 is 1.04 bits per heavy atom. The normalized spacial score (nSPS) is 32.6. The van der Waals surface area contributed by atoms with E-state index in [9.17, 15) is 19.5 Å². The largest absolute Gasteiger partial charge is 0.463 e. The molecule has 3 amide bonds. The number of allylic oxidation sites excluding steroid dienone is 1. The van der Waals surface area contributed by atoms with Crippen molar-refractivity contribution in [2.24, 2.45) is 17.8 Å². The molecular formula is C36H47BrN4O8. The molecule has 1 spiro atoms. The molecule has 6 rings (SSSR count). The van der Waals surface area contributed by atoms with Gasteiger partial charge in [0.15, 0.2) is 0 Å². The zero-order valence-electron chi connectivity index (χ0n) is 28.2. The fourth-order valence-electron chi connectivity index (χ4n) is 7.94. The summed E-state index contributed by atoms with van der Waals surface area (Å²) in [7, 11) is 0. The van der Waals surface area contributed by atoms with Crippen molar-refractivity contribution in [3.05, 3.63) is 58.6 Å². The van der Waals surface area contributed by atoms with E-state index in [1.807, 2.05) is 56.3 Å². The van der Waals surface area contributed by atoms with Gasteiger partial charge in [0.25, 0.3) is 0 Å². The number of nitrogens with one attached hydrogen (secondary N) is 1. The Hall–Kier alpha value is -3.10. The number of amides is 3. The molecule has 0 aliphatic carbocycles. The van der Waals surface area contributed by atoms with Crippen molar-refractivity contribution in [1.82, 2.24) is 20.0 Å². The summed E-state index contributed by atoms with van der Waals surface area (Å²) in [5.74, 6) is -3.37. The molecule has 1 aromatic rings. The van der Waals surface area contributed by atoms with Crippen LogP contribution in [0.1, 0.15) is 44.7 Å². The third-order valence-electron chi connectivity index (χ3n) is 10.3. The molecule has 7 atom stereocenters. The van der Waals surface area contributed by atoms with Crippen LogP contribution in [0.3, 0.4) is 0 Å². The number of hydrogen-bond acceptors (Lipinski definition) is 9. The molecule has 3 saturated heterocycles. The molecule has 0 aromatic heterocycles. The minimum Gasteiger partial charge on any atom is -0.463 e. The van der Waals surface area contributed by atoms with E-state index in [0.29, 0.717) is 43.6 Å². The molecule has 0 unspecified atom stereocenters. The molecule has 0 saturated carbocycles. The number of rotatable bonds is 8. The van der Waals surface area contributed by atoms with E-state index in [4.69, 9.17) is 14.2 Å². The number of morpholine rings is 1. The molecule has 1 aromatic carbocycles. The average Bonchev–Trinajstić information content (AvgIpc) is 3.69. The van der Waals surface area contributed by atoms with Gasteiger partial charge >= 0.3 is 5.97 Å². The Morgan fingerprint density at radius 2 is 1.80 bits per heavy atom. The summed E-state index contributed by atoms with van der Waals surface area (Å²) < 4.78 is 18.5. The molecule has 49 heavy (non-hydrogen) atoms. The SMILES string of the molecule is CC(C)C[C@H](CO)N1C(=O)[C@@H]2[C@H]3C(=O)N[C@@H](c4ccccc4)COC(=O)CC/C=C\CN(CCN4CCOCC4)C(=O)[C@@H]1[C@]21C=C(Br)[C@H]3O1. The molecule has 266 valence electrons. The number of esters is 1. The average molecular weight is 744 g/mol. The van der Waals surface area contributed by atoms with Crippen molar-refractivity contribution in [2.75, 3.05) is 59.2 Å². The third kappa shape index (κ3) is 7.23. The van der Waals surface area contributed by atoms with E-state index in [0.717, 1.165) is 18.7 Å². The highest BCUT2D eigenvalue weighted by Crippen LogP contribution is 2.59. The van der Waals surface area contributed by atoms with Gasteiger partial charge in [-0.2, -0.15) is 0 Å². The van der Waals surface area contributed by atoms with Crippen molar-refractivity contribution in [3.63, 3.8) is 0 Å². The van der Waals surface area contributed by atoms with Gasteiger partial charge in [-0.25, -0.2) is 0 Å². The number of halogens is 1. The summed E-state index contributed by atoms with van der Waals surface area (Å²) in [6.07, 6.45) is 5.77. The Balaban J connectivity index is 1.41. The first-order valence-electron chi connectivity index (χ1n) is 17.4. The second-order valence-corrected chi connectivity index (χ2v) is 14.9. The van der Waals surface area contributed by atoms with Gasteiger partial charge < -0.3 is 34.4 Å². The van der Waals surface area contributed by atoms with E-state index >= 15 is 4.79 Å². The van der Waals surface area contributed by atoms with Gasteiger partial charge in [0, 0.05) is 43.6 Å². The number of fused-ring (bicyclic) bond motifs is 2. The van der Waals surface area contributed by atoms with Crippen LogP contribution in [0.5, 0.6) is 0 Å². The van der Waals surface area contributed by atoms with Gasteiger partial charge in [-0.1, -0.05) is 72.3 Å². The molecule has 5 bridgehead atoms. The summed E-state index contributed by atoms with van der Waals surface area (Å²) in [5, 5.41) is 13.8. The number of nitrogens with zero attached hydrogens (tertiary/aromatic N) is 3. The zero-order chi connectivity index (χ0) is 34.7. The van der Waals surface area contributed by atoms with E-state index in [1.165, 1.54) is 4.90 Å². The number of aliphatic hydroxyl groups is 1. The smallest absolute Gasteiger partial charge is 0.306 e. The van der Waals surface area contributed by atoms with Crippen molar-refractivity contribution >= 4 is 39.6 Å². The lowest BCUT2D eigenvalue weighted by atomic mass is 9.74. The molecule has 5 aliphatic heterocycles. The van der Waals surface area contributed by atoms with Gasteiger partial charge in [0.2, 0.25) is 17.7 Å². The van der Waals surface area contributed by atoms with Crippen LogP contribution < -0.4 is 5.32 Å². The second-order valence-electron chi connectivity index (χ2n) is 13.9. The molecule has 2 N–H and O–H groups in total. The van der Waals surface area contributed by atoms with Crippen LogP contribution in [-0.2, 0) is 33.4 Å². The van der Waals surface area contributed by atoms with Gasteiger partial charge in [-0.15, -0.1) is 0 Å². The molecular weight excluding hydrogens is 696 g/mol. The number of benzene rings is 1. The third-order valence-corrected chi connectivity index (χ3v) is 11.0. The minimum absolute atomic E-state index is 0.0825. The quantitative estimate of drug-likeness (QED) is 0.303. The molecule has 13 heteroatoms. The fourth-order valence-corrected chi connectivity index (χ4v) is 8.68. The van der Waals surface area contributed by atoms with E-state index in [2.05, 4.69) is 26.1 Å². The number of cyclic esters (lactones) is 1. The number of carbonyl (C=O) groups excluding carboxylic acids is 4. The predicted molar refractivity (Wildman–Crippen MR) is 183 cm³/mol. The van der Waals surface area contributed by atoms with Crippen molar-refractivity contribution < 1.29 is 38.5 Å². The maximum absolute atomic E-state index is 15.0. The fraction of sp³-hybridized carbons (Fsp3) is 0.611. The zero-order valence-corrected chi connectivity index (χ0v) is 29.8. The van der Waals surface area contributed by atoms with Crippen LogP contribution in [0.2, 0.25) is 0 Å². The van der Waals surface area contributed by atoms with E-state index < -0.39 is 53.5 Å². The van der Waals surface area contributed by atoms with Crippen LogP contribution in [0.4, 0.5) is 0 Å². The van der Waals surface area contributed by atoms with Gasteiger partial charge in [-0.3, -0.25) is 24.1 Å². The molecule has 3 fully saturated rings. The van der Waals surface area contributed by atoms with Crippen LogP contribution >= 0.6 is 15.9 Å². The summed E-state index contributed by atoms with van der Waals surface area (Å²) in [4.78, 5) is 62.4. The van der Waals surface area contributed by atoms with Crippen molar-refractivity contribution in [1.29, 1.82) is 0 Å².